The van der Waals surface area contributed by atoms with Crippen LogP contribution in [0.5, 0.6) is 0 Å². The highest BCUT2D eigenvalue weighted by Gasteiger charge is 2.19. The Morgan fingerprint density at radius 3 is 2.91 bits per heavy atom. The number of piperidine rings is 1. The molecule has 0 saturated carbocycles. The molecule has 0 unspecified atom stereocenters. The maximum atomic E-state index is 10.6. The van der Waals surface area contributed by atoms with Crippen LogP contribution in [0.2, 0.25) is 0 Å². The van der Waals surface area contributed by atoms with E-state index in [9.17, 15) is 4.79 Å². The van der Waals surface area contributed by atoms with Crippen LogP contribution in [0.4, 0.5) is 0 Å². The highest BCUT2D eigenvalue weighted by molar-refractivity contribution is 5.59. The number of nitrogens with zero attached hydrogens (tertiary/aromatic N) is 1. The van der Waals surface area contributed by atoms with Crippen molar-refractivity contribution in [1.82, 2.24) is 4.90 Å². The van der Waals surface area contributed by atoms with Crippen molar-refractivity contribution < 1.29 is 4.79 Å². The number of likely N-dealkylation sites (N-methyl/N-ethyl adjacent to an activating group) is 1. The van der Waals surface area contributed by atoms with E-state index >= 15 is 0 Å². The molecule has 1 fully saturated rings. The average molecular weight is 153 g/mol. The first-order chi connectivity index (χ1) is 5.27. The molecule has 0 aliphatic carbocycles. The predicted molar refractivity (Wildman–Crippen MR) is 45.4 cm³/mol. The van der Waals surface area contributed by atoms with Crippen LogP contribution in [0.3, 0.4) is 0 Å². The molecule has 11 heavy (non-hydrogen) atoms. The van der Waals surface area contributed by atoms with E-state index in [2.05, 4.69) is 18.0 Å². The summed E-state index contributed by atoms with van der Waals surface area (Å²) in [5, 5.41) is 0. The van der Waals surface area contributed by atoms with Gasteiger partial charge in [-0.2, -0.15) is 0 Å². The number of carbonyl (C=O) groups excluding carboxylic acids is 1. The molecule has 0 radical (unpaired) electrons. The van der Waals surface area contributed by atoms with Gasteiger partial charge in [0.15, 0.2) is 0 Å². The summed E-state index contributed by atoms with van der Waals surface area (Å²) >= 11 is 0. The number of hydrogen-bond acceptors (Lipinski definition) is 2. The van der Waals surface area contributed by atoms with Crippen LogP contribution in [0.25, 0.3) is 0 Å². The first-order valence-corrected chi connectivity index (χ1v) is 4.07. The lowest BCUT2D eigenvalue weighted by molar-refractivity contribution is -0.110. The molecule has 0 aromatic rings. The van der Waals surface area contributed by atoms with Crippen molar-refractivity contribution in [2.75, 3.05) is 20.1 Å². The van der Waals surface area contributed by atoms with E-state index in [1.165, 1.54) is 5.57 Å². The fourth-order valence-corrected chi connectivity index (χ4v) is 1.51. The predicted octanol–water partition coefficient (Wildman–Crippen LogP) is 1.08. The third kappa shape index (κ3) is 1.90. The Kier molecular flexibility index (Phi) is 2.83. The average Bonchev–Trinajstić information content (AvgIpc) is 2.04. The number of hydrogen-bond donors (Lipinski definition) is 0. The van der Waals surface area contributed by atoms with Gasteiger partial charge in [0.05, 0.1) is 0 Å². The summed E-state index contributed by atoms with van der Waals surface area (Å²) in [6.45, 7) is 4.01. The number of likely N-dealkylation sites (tertiary alicyclic amines) is 1. The lowest BCUT2D eigenvalue weighted by Crippen LogP contribution is -2.32. The first kappa shape index (κ1) is 8.47. The van der Waals surface area contributed by atoms with Gasteiger partial charge < -0.3 is 9.69 Å². The molecule has 0 aromatic carbocycles. The first-order valence-electron chi connectivity index (χ1n) is 4.07. The SMILES string of the molecule is C/C=C1/CN(C)CC[C@@H]1C=O. The normalized spacial score (nSPS) is 30.7. The number of carbonyl (C=O) groups is 1. The van der Waals surface area contributed by atoms with Crippen LogP contribution in [0.15, 0.2) is 11.6 Å². The molecule has 1 aliphatic rings. The molecule has 1 aliphatic heterocycles. The van der Waals surface area contributed by atoms with Crippen molar-refractivity contribution in [3.05, 3.63) is 11.6 Å². The smallest absolute Gasteiger partial charge is 0.127 e. The molecule has 1 saturated heterocycles. The molecule has 0 aromatic heterocycles. The van der Waals surface area contributed by atoms with Crippen LogP contribution >= 0.6 is 0 Å². The Hall–Kier alpha value is -0.630. The van der Waals surface area contributed by atoms with Gasteiger partial charge in [-0.1, -0.05) is 11.6 Å². The Bertz CT molecular complexity index is 174. The topological polar surface area (TPSA) is 20.3 Å². The van der Waals surface area contributed by atoms with Crippen LogP contribution in [-0.2, 0) is 4.79 Å². The summed E-state index contributed by atoms with van der Waals surface area (Å²) in [7, 11) is 2.09. The van der Waals surface area contributed by atoms with Crippen LogP contribution in [0.1, 0.15) is 13.3 Å². The van der Waals surface area contributed by atoms with Crippen LogP contribution in [-0.4, -0.2) is 31.3 Å². The molecule has 1 rings (SSSR count). The van der Waals surface area contributed by atoms with Crippen LogP contribution in [0, 0.1) is 5.92 Å². The number of rotatable bonds is 1. The Labute approximate surface area is 67.9 Å². The second kappa shape index (κ2) is 3.67. The Balaban J connectivity index is 2.63. The largest absolute Gasteiger partial charge is 0.303 e. The van der Waals surface area contributed by atoms with Crippen molar-refractivity contribution >= 4 is 6.29 Å². The molecule has 0 N–H and O–H groups in total. The quantitative estimate of drug-likeness (QED) is 0.415. The number of allylic oxidation sites excluding steroid dienone is 1. The maximum Gasteiger partial charge on any atom is 0.127 e. The summed E-state index contributed by atoms with van der Waals surface area (Å²) in [5.74, 6) is 0.191. The van der Waals surface area contributed by atoms with Gasteiger partial charge in [0.25, 0.3) is 0 Å². The second-order valence-electron chi connectivity index (χ2n) is 3.13. The third-order valence-electron chi connectivity index (χ3n) is 2.29. The van der Waals surface area contributed by atoms with Gasteiger partial charge >= 0.3 is 0 Å². The molecule has 0 amide bonds. The van der Waals surface area contributed by atoms with Crippen molar-refractivity contribution in [2.45, 2.75) is 13.3 Å². The standard InChI is InChI=1S/C9H15NO/c1-3-8-6-10(2)5-4-9(8)7-11/h3,7,9H,4-6H2,1-2H3/b8-3-/t9-/m1/s1. The Morgan fingerprint density at radius 2 is 2.36 bits per heavy atom. The minimum absolute atomic E-state index is 0.191. The molecular weight excluding hydrogens is 138 g/mol. The molecule has 2 nitrogen and oxygen atoms in total. The van der Waals surface area contributed by atoms with E-state index in [4.69, 9.17) is 0 Å². The molecule has 1 heterocycles. The van der Waals surface area contributed by atoms with Crippen molar-refractivity contribution in [3.8, 4) is 0 Å². The summed E-state index contributed by atoms with van der Waals surface area (Å²) in [5.41, 5.74) is 1.27. The van der Waals surface area contributed by atoms with E-state index < -0.39 is 0 Å². The molecule has 0 spiro atoms. The lowest BCUT2D eigenvalue weighted by atomic mass is 9.93. The van der Waals surface area contributed by atoms with E-state index in [1.807, 2.05) is 6.92 Å². The molecule has 0 bridgehead atoms. The van der Waals surface area contributed by atoms with E-state index in [1.54, 1.807) is 0 Å². The fraction of sp³-hybridized carbons (Fsp3) is 0.667. The zero-order valence-electron chi connectivity index (χ0n) is 7.21. The van der Waals surface area contributed by atoms with Gasteiger partial charge in [0.2, 0.25) is 0 Å². The van der Waals surface area contributed by atoms with E-state index in [0.29, 0.717) is 0 Å². The van der Waals surface area contributed by atoms with Crippen LogP contribution < -0.4 is 0 Å². The van der Waals surface area contributed by atoms with Gasteiger partial charge in [-0.3, -0.25) is 0 Å². The van der Waals surface area contributed by atoms with Gasteiger partial charge in [0.1, 0.15) is 6.29 Å². The van der Waals surface area contributed by atoms with Crippen molar-refractivity contribution in [2.24, 2.45) is 5.92 Å². The minimum atomic E-state index is 0.191. The van der Waals surface area contributed by atoms with Crippen molar-refractivity contribution in [3.63, 3.8) is 0 Å². The summed E-state index contributed by atoms with van der Waals surface area (Å²) in [6.07, 6.45) is 4.12. The van der Waals surface area contributed by atoms with E-state index in [0.717, 1.165) is 25.8 Å². The minimum Gasteiger partial charge on any atom is -0.303 e. The molecule has 1 atom stereocenters. The summed E-state index contributed by atoms with van der Waals surface area (Å²) < 4.78 is 0. The summed E-state index contributed by atoms with van der Waals surface area (Å²) in [4.78, 5) is 12.8. The van der Waals surface area contributed by atoms with Gasteiger partial charge in [-0.25, -0.2) is 0 Å². The second-order valence-corrected chi connectivity index (χ2v) is 3.13. The third-order valence-corrected chi connectivity index (χ3v) is 2.29. The van der Waals surface area contributed by atoms with Crippen molar-refractivity contribution in [1.29, 1.82) is 0 Å². The van der Waals surface area contributed by atoms with Gasteiger partial charge in [0, 0.05) is 12.5 Å². The summed E-state index contributed by atoms with van der Waals surface area (Å²) in [6, 6.07) is 0. The highest BCUT2D eigenvalue weighted by atomic mass is 16.1. The fourth-order valence-electron chi connectivity index (χ4n) is 1.51. The lowest BCUT2D eigenvalue weighted by Gasteiger charge is -2.28. The van der Waals surface area contributed by atoms with Gasteiger partial charge in [-0.15, -0.1) is 0 Å². The molecule has 62 valence electrons. The Morgan fingerprint density at radius 1 is 1.64 bits per heavy atom. The zero-order chi connectivity index (χ0) is 8.27. The highest BCUT2D eigenvalue weighted by Crippen LogP contribution is 2.19. The maximum absolute atomic E-state index is 10.6. The molecular formula is C9H15NO. The van der Waals surface area contributed by atoms with Gasteiger partial charge in [-0.05, 0) is 26.9 Å². The number of aldehydes is 1. The zero-order valence-corrected chi connectivity index (χ0v) is 7.21. The van der Waals surface area contributed by atoms with E-state index in [-0.39, 0.29) is 5.92 Å². The monoisotopic (exact) mass is 153 g/mol. The molecule has 2 heteroatoms.